The summed E-state index contributed by atoms with van der Waals surface area (Å²) in [5, 5.41) is 3.29. The van der Waals surface area contributed by atoms with Gasteiger partial charge in [-0.1, -0.05) is 19.1 Å². The molecule has 0 aromatic heterocycles. The Kier molecular flexibility index (Phi) is 7.31. The van der Waals surface area contributed by atoms with Crippen molar-refractivity contribution in [3.63, 3.8) is 0 Å². The fraction of sp³-hybridized carbons (Fsp3) is 0.600. The number of rotatable bonds is 9. The molecular weight excluding hydrogens is 286 g/mol. The van der Waals surface area contributed by atoms with Crippen molar-refractivity contribution in [2.75, 3.05) is 27.2 Å². The van der Waals surface area contributed by atoms with Gasteiger partial charge in [0, 0.05) is 19.1 Å². The van der Waals surface area contributed by atoms with Gasteiger partial charge in [-0.2, -0.15) is 0 Å². The molecule has 120 valence electrons. The Hall–Kier alpha value is -0.950. The zero-order chi connectivity index (χ0) is 15.9. The van der Waals surface area contributed by atoms with Gasteiger partial charge in [-0.25, -0.2) is 13.1 Å². The fourth-order valence-electron chi connectivity index (χ4n) is 1.69. The molecule has 1 aromatic carbocycles. The first kappa shape index (κ1) is 18.1. The Balaban J connectivity index is 2.62. The number of hydrogen-bond acceptors (Lipinski definition) is 4. The van der Waals surface area contributed by atoms with E-state index >= 15 is 0 Å². The van der Waals surface area contributed by atoms with Gasteiger partial charge in [-0.15, -0.1) is 0 Å². The topological polar surface area (TPSA) is 61.4 Å². The van der Waals surface area contributed by atoms with Crippen molar-refractivity contribution in [2.45, 2.75) is 37.8 Å². The van der Waals surface area contributed by atoms with Crippen molar-refractivity contribution in [2.24, 2.45) is 0 Å². The molecule has 1 aromatic rings. The van der Waals surface area contributed by atoms with Crippen LogP contribution in [-0.4, -0.2) is 46.5 Å². The summed E-state index contributed by atoms with van der Waals surface area (Å²) in [6, 6.07) is 7.17. The molecule has 0 radical (unpaired) electrons. The zero-order valence-corrected chi connectivity index (χ0v) is 14.2. The molecule has 1 atom stereocenters. The van der Waals surface area contributed by atoms with Gasteiger partial charge < -0.3 is 10.2 Å². The quantitative estimate of drug-likeness (QED) is 0.677. The van der Waals surface area contributed by atoms with Crippen LogP contribution in [0.5, 0.6) is 0 Å². The van der Waals surface area contributed by atoms with Crippen molar-refractivity contribution in [3.8, 4) is 0 Å². The maximum absolute atomic E-state index is 12.2. The molecule has 0 fully saturated rings. The van der Waals surface area contributed by atoms with E-state index in [9.17, 15) is 8.42 Å². The molecule has 0 bridgehead atoms. The summed E-state index contributed by atoms with van der Waals surface area (Å²) in [5.74, 6) is 0. The van der Waals surface area contributed by atoms with Crippen molar-refractivity contribution < 1.29 is 8.42 Å². The number of nitrogens with one attached hydrogen (secondary N) is 2. The summed E-state index contributed by atoms with van der Waals surface area (Å²) < 4.78 is 27.0. The molecule has 0 amide bonds. The molecule has 2 N–H and O–H groups in total. The van der Waals surface area contributed by atoms with E-state index in [-0.39, 0.29) is 6.04 Å². The molecule has 0 aliphatic rings. The monoisotopic (exact) mass is 313 g/mol. The van der Waals surface area contributed by atoms with Crippen LogP contribution in [0.3, 0.4) is 0 Å². The molecule has 0 saturated carbocycles. The Morgan fingerprint density at radius 3 is 2.33 bits per heavy atom. The highest BCUT2D eigenvalue weighted by atomic mass is 32.2. The van der Waals surface area contributed by atoms with Crippen LogP contribution in [0.15, 0.2) is 29.2 Å². The molecule has 6 heteroatoms. The fourth-order valence-corrected chi connectivity index (χ4v) is 2.81. The summed E-state index contributed by atoms with van der Waals surface area (Å²) in [5.41, 5.74) is 1.09. The lowest BCUT2D eigenvalue weighted by Gasteiger charge is -2.20. The van der Waals surface area contributed by atoms with E-state index in [0.717, 1.165) is 25.1 Å². The van der Waals surface area contributed by atoms with E-state index in [1.165, 1.54) is 0 Å². The van der Waals surface area contributed by atoms with Crippen LogP contribution in [0.25, 0.3) is 0 Å². The van der Waals surface area contributed by atoms with Gasteiger partial charge in [-0.3, -0.25) is 0 Å². The molecule has 0 heterocycles. The number of hydrogen-bond donors (Lipinski definition) is 2. The minimum absolute atomic E-state index is 0.150. The molecule has 0 spiro atoms. The Labute approximate surface area is 128 Å². The number of benzene rings is 1. The van der Waals surface area contributed by atoms with Crippen LogP contribution in [0.4, 0.5) is 0 Å². The summed E-state index contributed by atoms with van der Waals surface area (Å²) in [4.78, 5) is 2.29. The van der Waals surface area contributed by atoms with E-state index in [1.807, 2.05) is 38.1 Å². The first-order chi connectivity index (χ1) is 9.86. The largest absolute Gasteiger partial charge is 0.313 e. The lowest BCUT2D eigenvalue weighted by molar-refractivity contribution is 0.314. The molecule has 21 heavy (non-hydrogen) atoms. The second kappa shape index (κ2) is 8.48. The average molecular weight is 313 g/mol. The van der Waals surface area contributed by atoms with Crippen molar-refractivity contribution in [3.05, 3.63) is 29.8 Å². The molecule has 0 saturated heterocycles. The van der Waals surface area contributed by atoms with E-state index < -0.39 is 10.0 Å². The van der Waals surface area contributed by atoms with Crippen molar-refractivity contribution in [1.82, 2.24) is 14.9 Å². The maximum atomic E-state index is 12.2. The van der Waals surface area contributed by atoms with Gasteiger partial charge in [0.2, 0.25) is 10.0 Å². The number of likely N-dealkylation sites (N-methyl/N-ethyl adjacent to an activating group) is 1. The minimum atomic E-state index is -3.43. The third-order valence-corrected chi connectivity index (χ3v) is 4.88. The lowest BCUT2D eigenvalue weighted by Crippen LogP contribution is -2.38. The van der Waals surface area contributed by atoms with Gasteiger partial charge in [0.25, 0.3) is 0 Å². The van der Waals surface area contributed by atoms with Crippen LogP contribution in [-0.2, 0) is 16.6 Å². The molecule has 5 nitrogen and oxygen atoms in total. The van der Waals surface area contributed by atoms with Crippen LogP contribution in [0.2, 0.25) is 0 Å². The molecule has 0 aliphatic carbocycles. The van der Waals surface area contributed by atoms with Crippen molar-refractivity contribution in [1.29, 1.82) is 0 Å². The van der Waals surface area contributed by atoms with Crippen LogP contribution in [0, 0.1) is 0 Å². The first-order valence-electron chi connectivity index (χ1n) is 7.32. The average Bonchev–Trinajstić information content (AvgIpc) is 2.45. The predicted molar refractivity (Wildman–Crippen MR) is 86.8 cm³/mol. The Morgan fingerprint density at radius 1 is 1.19 bits per heavy atom. The van der Waals surface area contributed by atoms with E-state index in [1.54, 1.807) is 12.1 Å². The molecule has 0 aliphatic heterocycles. The zero-order valence-electron chi connectivity index (χ0n) is 13.4. The lowest BCUT2D eigenvalue weighted by atomic mass is 10.2. The third kappa shape index (κ3) is 6.13. The molecule has 1 rings (SSSR count). The predicted octanol–water partition coefficient (Wildman–Crippen LogP) is 1.41. The second-order valence-corrected chi connectivity index (χ2v) is 7.25. The smallest absolute Gasteiger partial charge is 0.240 e. The van der Waals surface area contributed by atoms with Gasteiger partial charge in [0.1, 0.15) is 0 Å². The summed E-state index contributed by atoms with van der Waals surface area (Å²) in [6.07, 6.45) is 1.08. The van der Waals surface area contributed by atoms with Gasteiger partial charge in [0.15, 0.2) is 0 Å². The molecule has 1 unspecified atom stereocenters. The number of nitrogens with zero attached hydrogens (tertiary/aromatic N) is 1. The van der Waals surface area contributed by atoms with Gasteiger partial charge >= 0.3 is 0 Å². The van der Waals surface area contributed by atoms with Crippen molar-refractivity contribution >= 4 is 10.0 Å². The van der Waals surface area contributed by atoms with Crippen LogP contribution in [0.1, 0.15) is 25.8 Å². The molecular formula is C15H27N3O2S. The summed E-state index contributed by atoms with van der Waals surface area (Å²) in [6.45, 7) is 6.21. The van der Waals surface area contributed by atoms with E-state index in [4.69, 9.17) is 0 Å². The maximum Gasteiger partial charge on any atom is 0.240 e. The van der Waals surface area contributed by atoms with Crippen LogP contribution >= 0.6 is 0 Å². The Bertz CT molecular complexity index is 512. The van der Waals surface area contributed by atoms with E-state index in [2.05, 4.69) is 17.0 Å². The summed E-state index contributed by atoms with van der Waals surface area (Å²) >= 11 is 0. The minimum Gasteiger partial charge on any atom is -0.313 e. The highest BCUT2D eigenvalue weighted by Gasteiger charge is 2.15. The van der Waals surface area contributed by atoms with E-state index in [0.29, 0.717) is 11.4 Å². The highest BCUT2D eigenvalue weighted by Crippen LogP contribution is 2.10. The van der Waals surface area contributed by atoms with Crippen LogP contribution < -0.4 is 10.0 Å². The normalized spacial score (nSPS) is 13.6. The van der Waals surface area contributed by atoms with Gasteiger partial charge in [0.05, 0.1) is 4.90 Å². The van der Waals surface area contributed by atoms with Gasteiger partial charge in [-0.05, 0) is 51.7 Å². The highest BCUT2D eigenvalue weighted by molar-refractivity contribution is 7.89. The Morgan fingerprint density at radius 2 is 1.81 bits per heavy atom. The number of sulfonamides is 1. The third-order valence-electron chi connectivity index (χ3n) is 3.44. The first-order valence-corrected chi connectivity index (χ1v) is 8.81. The second-order valence-electron chi connectivity index (χ2n) is 5.49. The standard InChI is InChI=1S/C15H27N3O2S/c1-5-10-16-12-14-6-8-15(9-7-14)21(19,20)17-11-13(2)18(3)4/h6-9,13,16-17H,5,10-12H2,1-4H3. The summed E-state index contributed by atoms with van der Waals surface area (Å²) in [7, 11) is 0.427. The SMILES string of the molecule is CCCNCc1ccc(S(=O)(=O)NCC(C)N(C)C)cc1.